The lowest BCUT2D eigenvalue weighted by Gasteiger charge is -2.17. The minimum atomic E-state index is -3.41. The molecule has 4 nitrogen and oxygen atoms in total. The standard InChI is InChI=1S/C7H13NO3S/c1-4-5-8(3)12(10,11)7(2)6-9/h1,7,9H,5-6H2,2-3H3. The van der Waals surface area contributed by atoms with Gasteiger partial charge in [0.15, 0.2) is 0 Å². The average Bonchev–Trinajstić information content (AvgIpc) is 2.03. The van der Waals surface area contributed by atoms with Gasteiger partial charge in [-0.2, -0.15) is 4.31 Å². The fourth-order valence-corrected chi connectivity index (χ4v) is 1.68. The maximum absolute atomic E-state index is 11.3. The van der Waals surface area contributed by atoms with Gasteiger partial charge in [-0.3, -0.25) is 0 Å². The lowest BCUT2D eigenvalue weighted by molar-refractivity contribution is 0.291. The van der Waals surface area contributed by atoms with Crippen LogP contribution in [0.4, 0.5) is 0 Å². The van der Waals surface area contributed by atoms with Crippen LogP contribution in [0.15, 0.2) is 0 Å². The number of aliphatic hydroxyl groups excluding tert-OH is 1. The molecule has 0 saturated heterocycles. The van der Waals surface area contributed by atoms with Crippen LogP contribution >= 0.6 is 0 Å². The summed E-state index contributed by atoms with van der Waals surface area (Å²) in [6.07, 6.45) is 4.95. The van der Waals surface area contributed by atoms with Crippen molar-refractivity contribution in [2.45, 2.75) is 12.2 Å². The molecule has 0 aromatic rings. The minimum Gasteiger partial charge on any atom is -0.395 e. The van der Waals surface area contributed by atoms with E-state index in [1.165, 1.54) is 14.0 Å². The highest BCUT2D eigenvalue weighted by atomic mass is 32.2. The van der Waals surface area contributed by atoms with Crippen LogP contribution in [0.25, 0.3) is 0 Å². The number of sulfonamides is 1. The number of hydrogen-bond acceptors (Lipinski definition) is 3. The lowest BCUT2D eigenvalue weighted by Crippen LogP contribution is -2.36. The van der Waals surface area contributed by atoms with Crippen LogP contribution in [-0.4, -0.2) is 43.3 Å². The second-order valence-corrected chi connectivity index (χ2v) is 4.96. The fraction of sp³-hybridized carbons (Fsp3) is 0.714. The topological polar surface area (TPSA) is 57.6 Å². The molecule has 12 heavy (non-hydrogen) atoms. The highest BCUT2D eigenvalue weighted by Gasteiger charge is 2.24. The van der Waals surface area contributed by atoms with E-state index >= 15 is 0 Å². The Hall–Kier alpha value is -0.570. The van der Waals surface area contributed by atoms with Crippen molar-refractivity contribution in [2.75, 3.05) is 20.2 Å². The first-order valence-electron chi connectivity index (χ1n) is 3.46. The summed E-state index contributed by atoms with van der Waals surface area (Å²) in [5, 5.41) is 7.83. The van der Waals surface area contributed by atoms with Crippen LogP contribution in [0.3, 0.4) is 0 Å². The molecule has 1 unspecified atom stereocenters. The Balaban J connectivity index is 4.53. The van der Waals surface area contributed by atoms with Crippen molar-refractivity contribution in [3.8, 4) is 12.3 Å². The van der Waals surface area contributed by atoms with Gasteiger partial charge >= 0.3 is 0 Å². The van der Waals surface area contributed by atoms with Crippen molar-refractivity contribution >= 4 is 10.0 Å². The zero-order valence-corrected chi connectivity index (χ0v) is 8.00. The van der Waals surface area contributed by atoms with Crippen LogP contribution in [0.5, 0.6) is 0 Å². The maximum Gasteiger partial charge on any atom is 0.219 e. The monoisotopic (exact) mass is 191 g/mol. The molecule has 0 spiro atoms. The van der Waals surface area contributed by atoms with Crippen LogP contribution in [0.2, 0.25) is 0 Å². The molecular weight excluding hydrogens is 178 g/mol. The molecule has 0 amide bonds. The molecule has 0 aromatic heterocycles. The Morgan fingerprint density at radius 3 is 2.50 bits per heavy atom. The Morgan fingerprint density at radius 1 is 1.67 bits per heavy atom. The number of terminal acetylenes is 1. The molecule has 1 N–H and O–H groups in total. The SMILES string of the molecule is C#CCN(C)S(=O)(=O)C(C)CO. The molecule has 0 fully saturated rings. The van der Waals surface area contributed by atoms with E-state index in [1.54, 1.807) is 0 Å². The normalized spacial score (nSPS) is 14.2. The third-order valence-electron chi connectivity index (χ3n) is 1.51. The molecule has 1 atom stereocenters. The molecule has 0 heterocycles. The molecule has 70 valence electrons. The van der Waals surface area contributed by atoms with E-state index in [9.17, 15) is 8.42 Å². The first-order chi connectivity index (χ1) is 5.46. The first kappa shape index (κ1) is 11.4. The summed E-state index contributed by atoms with van der Waals surface area (Å²) in [7, 11) is -2.02. The summed E-state index contributed by atoms with van der Waals surface area (Å²) >= 11 is 0. The molecule has 0 aliphatic carbocycles. The summed E-state index contributed by atoms with van der Waals surface area (Å²) in [6.45, 7) is 1.08. The molecule has 0 bridgehead atoms. The van der Waals surface area contributed by atoms with Crippen molar-refractivity contribution < 1.29 is 13.5 Å². The molecular formula is C7H13NO3S. The zero-order chi connectivity index (χ0) is 9.78. The van der Waals surface area contributed by atoms with E-state index in [0.717, 1.165) is 4.31 Å². The van der Waals surface area contributed by atoms with Gasteiger partial charge in [0.1, 0.15) is 0 Å². The van der Waals surface area contributed by atoms with Crippen molar-refractivity contribution in [3.63, 3.8) is 0 Å². The highest BCUT2D eigenvalue weighted by molar-refractivity contribution is 7.89. The number of rotatable bonds is 4. The predicted molar refractivity (Wildman–Crippen MR) is 46.9 cm³/mol. The molecule has 0 aliphatic rings. The molecule has 0 rings (SSSR count). The highest BCUT2D eigenvalue weighted by Crippen LogP contribution is 2.04. The third-order valence-corrected chi connectivity index (χ3v) is 3.68. The van der Waals surface area contributed by atoms with E-state index in [-0.39, 0.29) is 6.54 Å². The van der Waals surface area contributed by atoms with Gasteiger partial charge in [-0.05, 0) is 6.92 Å². The van der Waals surface area contributed by atoms with Gasteiger partial charge in [-0.15, -0.1) is 6.42 Å². The lowest BCUT2D eigenvalue weighted by atomic mass is 10.5. The Kier molecular flexibility index (Phi) is 4.24. The number of hydrogen-bond donors (Lipinski definition) is 1. The van der Waals surface area contributed by atoms with E-state index in [1.807, 2.05) is 0 Å². The van der Waals surface area contributed by atoms with Gasteiger partial charge < -0.3 is 5.11 Å². The summed E-state index contributed by atoms with van der Waals surface area (Å²) in [5.41, 5.74) is 0. The van der Waals surface area contributed by atoms with Gasteiger partial charge in [0.2, 0.25) is 10.0 Å². The van der Waals surface area contributed by atoms with E-state index in [0.29, 0.717) is 0 Å². The van der Waals surface area contributed by atoms with Crippen LogP contribution in [0.1, 0.15) is 6.92 Å². The summed E-state index contributed by atoms with van der Waals surface area (Å²) < 4.78 is 23.7. The van der Waals surface area contributed by atoms with Crippen molar-refractivity contribution in [3.05, 3.63) is 0 Å². The van der Waals surface area contributed by atoms with Gasteiger partial charge in [0.25, 0.3) is 0 Å². The van der Waals surface area contributed by atoms with Gasteiger partial charge in [-0.25, -0.2) is 8.42 Å². The second kappa shape index (κ2) is 4.45. The summed E-state index contributed by atoms with van der Waals surface area (Å²) in [5.74, 6) is 2.22. The van der Waals surface area contributed by atoms with Crippen LogP contribution in [0, 0.1) is 12.3 Å². The molecule has 0 saturated carbocycles. The van der Waals surface area contributed by atoms with E-state index in [4.69, 9.17) is 11.5 Å². The van der Waals surface area contributed by atoms with E-state index < -0.39 is 21.9 Å². The average molecular weight is 191 g/mol. The minimum absolute atomic E-state index is 0.0344. The van der Waals surface area contributed by atoms with Crippen molar-refractivity contribution in [1.29, 1.82) is 0 Å². The predicted octanol–water partition coefficient (Wildman–Crippen LogP) is -0.738. The molecule has 5 heteroatoms. The molecule has 0 radical (unpaired) electrons. The quantitative estimate of drug-likeness (QED) is 0.596. The van der Waals surface area contributed by atoms with E-state index in [2.05, 4.69) is 5.92 Å². The van der Waals surface area contributed by atoms with Crippen molar-refractivity contribution in [1.82, 2.24) is 4.31 Å². The maximum atomic E-state index is 11.3. The molecule has 0 aliphatic heterocycles. The number of aliphatic hydroxyl groups is 1. The van der Waals surface area contributed by atoms with Gasteiger partial charge in [0, 0.05) is 7.05 Å². The Labute approximate surface area is 73.2 Å². The van der Waals surface area contributed by atoms with Gasteiger partial charge in [0.05, 0.1) is 18.4 Å². The third kappa shape index (κ3) is 2.48. The Bertz CT molecular complexity index is 265. The van der Waals surface area contributed by atoms with Gasteiger partial charge in [-0.1, -0.05) is 5.92 Å². The second-order valence-electron chi connectivity index (χ2n) is 2.50. The summed E-state index contributed by atoms with van der Waals surface area (Å²) in [6, 6.07) is 0. The fourth-order valence-electron chi connectivity index (χ4n) is 0.620. The molecule has 0 aromatic carbocycles. The van der Waals surface area contributed by atoms with Crippen molar-refractivity contribution in [2.24, 2.45) is 0 Å². The van der Waals surface area contributed by atoms with Crippen LogP contribution in [-0.2, 0) is 10.0 Å². The first-order valence-corrected chi connectivity index (χ1v) is 4.96. The van der Waals surface area contributed by atoms with Crippen LogP contribution < -0.4 is 0 Å². The Morgan fingerprint density at radius 2 is 2.17 bits per heavy atom. The largest absolute Gasteiger partial charge is 0.395 e. The zero-order valence-electron chi connectivity index (χ0n) is 7.19. The summed E-state index contributed by atoms with van der Waals surface area (Å²) in [4.78, 5) is 0. The smallest absolute Gasteiger partial charge is 0.219 e. The number of nitrogens with zero attached hydrogens (tertiary/aromatic N) is 1.